The van der Waals surface area contributed by atoms with E-state index in [1.54, 1.807) is 0 Å². The fourth-order valence-electron chi connectivity index (χ4n) is 1.45. The standard InChI is InChI=1S/C11H8ClF3N4O2S/c1-22(20,21)10-18-17-9(11(13,14)15)19(10)16-6-7-2-4-8(12)5-3-7/h2-6H,1H3/b16-6+. The number of sulfone groups is 1. The first-order chi connectivity index (χ1) is 10.1. The molecule has 0 fully saturated rings. The topological polar surface area (TPSA) is 77.2 Å². The van der Waals surface area contributed by atoms with E-state index < -0.39 is 27.0 Å². The molecule has 22 heavy (non-hydrogen) atoms. The van der Waals surface area contributed by atoms with Gasteiger partial charge in [0.15, 0.2) is 0 Å². The summed E-state index contributed by atoms with van der Waals surface area (Å²) < 4.78 is 61.5. The first-order valence-corrected chi connectivity index (χ1v) is 7.88. The number of benzene rings is 1. The second kappa shape index (κ2) is 5.69. The lowest BCUT2D eigenvalue weighted by molar-refractivity contribution is -0.147. The third kappa shape index (κ3) is 3.63. The highest BCUT2D eigenvalue weighted by Crippen LogP contribution is 2.29. The van der Waals surface area contributed by atoms with E-state index in [9.17, 15) is 21.6 Å². The molecule has 0 unspecified atom stereocenters. The molecule has 2 aromatic rings. The molecule has 1 heterocycles. The van der Waals surface area contributed by atoms with E-state index in [2.05, 4.69) is 15.3 Å². The highest BCUT2D eigenvalue weighted by atomic mass is 35.5. The van der Waals surface area contributed by atoms with Crippen molar-refractivity contribution in [3.8, 4) is 0 Å². The molecule has 0 amide bonds. The third-order valence-corrected chi connectivity index (χ3v) is 3.56. The molecule has 0 spiro atoms. The Morgan fingerprint density at radius 3 is 2.32 bits per heavy atom. The van der Waals surface area contributed by atoms with Crippen LogP contribution in [0, 0.1) is 0 Å². The molecular formula is C11H8ClF3N4O2S. The lowest BCUT2D eigenvalue weighted by atomic mass is 10.2. The van der Waals surface area contributed by atoms with Crippen molar-refractivity contribution in [3.63, 3.8) is 0 Å². The van der Waals surface area contributed by atoms with Gasteiger partial charge in [0.2, 0.25) is 9.84 Å². The minimum atomic E-state index is -4.90. The van der Waals surface area contributed by atoms with Crippen molar-refractivity contribution in [2.45, 2.75) is 11.3 Å². The van der Waals surface area contributed by atoms with Crippen molar-refractivity contribution in [3.05, 3.63) is 40.7 Å². The maximum absolute atomic E-state index is 12.8. The number of hydrogen-bond donors (Lipinski definition) is 0. The van der Waals surface area contributed by atoms with Gasteiger partial charge in [-0.1, -0.05) is 23.7 Å². The van der Waals surface area contributed by atoms with Crippen LogP contribution in [0.25, 0.3) is 0 Å². The van der Waals surface area contributed by atoms with Crippen LogP contribution in [0.15, 0.2) is 34.5 Å². The summed E-state index contributed by atoms with van der Waals surface area (Å²) in [6.07, 6.45) is -3.14. The Kier molecular flexibility index (Phi) is 4.25. The number of alkyl halides is 3. The van der Waals surface area contributed by atoms with Gasteiger partial charge < -0.3 is 0 Å². The van der Waals surface area contributed by atoms with Gasteiger partial charge >= 0.3 is 6.18 Å². The Morgan fingerprint density at radius 1 is 1.23 bits per heavy atom. The molecule has 0 N–H and O–H groups in total. The summed E-state index contributed by atoms with van der Waals surface area (Å²) in [5.41, 5.74) is 0.422. The number of aromatic nitrogens is 3. The van der Waals surface area contributed by atoms with Crippen LogP contribution in [0.2, 0.25) is 5.02 Å². The smallest absolute Gasteiger partial charge is 0.221 e. The van der Waals surface area contributed by atoms with Crippen LogP contribution in [-0.4, -0.2) is 35.8 Å². The molecule has 0 aliphatic carbocycles. The molecule has 6 nitrogen and oxygen atoms in total. The molecule has 0 atom stereocenters. The summed E-state index contributed by atoms with van der Waals surface area (Å²) in [7, 11) is -4.03. The average molecular weight is 353 g/mol. The van der Waals surface area contributed by atoms with Gasteiger partial charge in [-0.25, -0.2) is 8.42 Å². The van der Waals surface area contributed by atoms with Crippen LogP contribution in [0.4, 0.5) is 13.2 Å². The zero-order chi connectivity index (χ0) is 16.5. The van der Waals surface area contributed by atoms with E-state index in [-0.39, 0.29) is 4.68 Å². The Morgan fingerprint density at radius 2 is 1.82 bits per heavy atom. The molecule has 0 bridgehead atoms. The molecule has 0 aliphatic heterocycles. The van der Waals surface area contributed by atoms with E-state index in [1.807, 2.05) is 0 Å². The summed E-state index contributed by atoms with van der Waals surface area (Å²) in [6.45, 7) is 0. The van der Waals surface area contributed by atoms with E-state index in [1.165, 1.54) is 24.3 Å². The van der Waals surface area contributed by atoms with Gasteiger partial charge in [0, 0.05) is 11.3 Å². The maximum Gasteiger partial charge on any atom is 0.453 e. The number of halogens is 4. The van der Waals surface area contributed by atoms with Crippen LogP contribution in [0.1, 0.15) is 11.4 Å². The van der Waals surface area contributed by atoms with Gasteiger partial charge in [-0.05, 0) is 17.7 Å². The monoisotopic (exact) mass is 352 g/mol. The van der Waals surface area contributed by atoms with Crippen molar-refractivity contribution >= 4 is 27.7 Å². The van der Waals surface area contributed by atoms with Gasteiger partial charge in [0.25, 0.3) is 11.0 Å². The van der Waals surface area contributed by atoms with Crippen LogP contribution >= 0.6 is 11.6 Å². The number of hydrogen-bond acceptors (Lipinski definition) is 5. The Balaban J connectivity index is 2.52. The summed E-state index contributed by atoms with van der Waals surface area (Å²) in [5, 5.41) is 8.97. The second-order valence-corrected chi connectivity index (χ2v) is 6.53. The fraction of sp³-hybridized carbons (Fsp3) is 0.182. The largest absolute Gasteiger partial charge is 0.453 e. The fourth-order valence-corrected chi connectivity index (χ4v) is 2.21. The quantitative estimate of drug-likeness (QED) is 0.794. The lowest BCUT2D eigenvalue weighted by Gasteiger charge is -2.05. The van der Waals surface area contributed by atoms with Crippen molar-refractivity contribution in [2.24, 2.45) is 5.10 Å². The Labute approximate surface area is 128 Å². The number of nitrogens with zero attached hydrogens (tertiary/aromatic N) is 4. The van der Waals surface area contributed by atoms with E-state index in [0.717, 1.165) is 6.21 Å². The Hall–Kier alpha value is -1.94. The summed E-state index contributed by atoms with van der Waals surface area (Å²) >= 11 is 5.68. The van der Waals surface area contributed by atoms with Gasteiger partial charge in [-0.2, -0.15) is 22.9 Å². The van der Waals surface area contributed by atoms with E-state index in [4.69, 9.17) is 11.6 Å². The van der Waals surface area contributed by atoms with Crippen LogP contribution in [-0.2, 0) is 16.0 Å². The molecule has 0 aliphatic rings. The second-order valence-electron chi connectivity index (χ2n) is 4.18. The molecular weight excluding hydrogens is 345 g/mol. The first-order valence-electron chi connectivity index (χ1n) is 5.61. The SMILES string of the molecule is CS(=O)(=O)c1nnc(C(F)(F)F)n1/N=C/c1ccc(Cl)cc1. The van der Waals surface area contributed by atoms with Gasteiger partial charge in [0.1, 0.15) is 0 Å². The van der Waals surface area contributed by atoms with E-state index >= 15 is 0 Å². The predicted molar refractivity (Wildman–Crippen MR) is 72.6 cm³/mol. The van der Waals surface area contributed by atoms with Crippen LogP contribution in [0.5, 0.6) is 0 Å². The van der Waals surface area contributed by atoms with Crippen molar-refractivity contribution in [1.82, 2.24) is 14.9 Å². The van der Waals surface area contributed by atoms with Crippen molar-refractivity contribution in [2.75, 3.05) is 6.26 Å². The molecule has 1 aromatic heterocycles. The molecule has 1 aromatic carbocycles. The first kappa shape index (κ1) is 16.4. The van der Waals surface area contributed by atoms with Crippen LogP contribution < -0.4 is 0 Å². The Bertz CT molecular complexity index is 813. The molecule has 11 heteroatoms. The summed E-state index contributed by atoms with van der Waals surface area (Å²) in [4.78, 5) is 0. The summed E-state index contributed by atoms with van der Waals surface area (Å²) in [5.74, 6) is -1.53. The molecule has 0 saturated heterocycles. The van der Waals surface area contributed by atoms with Crippen molar-refractivity contribution in [1.29, 1.82) is 0 Å². The normalized spacial score (nSPS) is 13.0. The van der Waals surface area contributed by atoms with Crippen molar-refractivity contribution < 1.29 is 21.6 Å². The van der Waals surface area contributed by atoms with Gasteiger partial charge in [0.05, 0.1) is 6.21 Å². The minimum absolute atomic E-state index is 0.143. The number of rotatable bonds is 3. The minimum Gasteiger partial charge on any atom is -0.221 e. The van der Waals surface area contributed by atoms with Gasteiger partial charge in [-0.3, -0.25) is 0 Å². The zero-order valence-electron chi connectivity index (χ0n) is 10.9. The highest BCUT2D eigenvalue weighted by molar-refractivity contribution is 7.90. The molecule has 2 rings (SSSR count). The highest BCUT2D eigenvalue weighted by Gasteiger charge is 2.40. The lowest BCUT2D eigenvalue weighted by Crippen LogP contribution is -2.15. The predicted octanol–water partition coefficient (Wildman–Crippen LogP) is 2.24. The zero-order valence-corrected chi connectivity index (χ0v) is 12.5. The summed E-state index contributed by atoms with van der Waals surface area (Å²) in [6, 6.07) is 6.03. The molecule has 0 radical (unpaired) electrons. The maximum atomic E-state index is 12.8. The molecule has 118 valence electrons. The third-order valence-electron chi connectivity index (χ3n) is 2.39. The van der Waals surface area contributed by atoms with E-state index in [0.29, 0.717) is 16.8 Å². The average Bonchev–Trinajstić information content (AvgIpc) is 2.81. The van der Waals surface area contributed by atoms with Gasteiger partial charge in [-0.15, -0.1) is 10.2 Å². The van der Waals surface area contributed by atoms with Crippen LogP contribution in [0.3, 0.4) is 0 Å². The molecule has 0 saturated carbocycles.